The van der Waals surface area contributed by atoms with Crippen molar-refractivity contribution in [3.8, 4) is 11.1 Å². The number of rotatable bonds is 6. The minimum Gasteiger partial charge on any atom is -0.396 e. The van der Waals surface area contributed by atoms with Gasteiger partial charge in [0.25, 0.3) is 0 Å². The summed E-state index contributed by atoms with van der Waals surface area (Å²) in [7, 11) is 0. The Morgan fingerprint density at radius 2 is 1.71 bits per heavy atom. The predicted octanol–water partition coefficient (Wildman–Crippen LogP) is 5.14. The van der Waals surface area contributed by atoms with E-state index in [1.54, 1.807) is 0 Å². The molecule has 0 amide bonds. The molecule has 0 radical (unpaired) electrons. The second-order valence-corrected chi connectivity index (χ2v) is 6.33. The van der Waals surface area contributed by atoms with Crippen LogP contribution in [0.5, 0.6) is 0 Å². The van der Waals surface area contributed by atoms with Gasteiger partial charge >= 0.3 is 0 Å². The molecular weight excluding hydrogens is 296 g/mol. The van der Waals surface area contributed by atoms with E-state index in [2.05, 4.69) is 44.2 Å². The minimum atomic E-state index is -0.185. The Morgan fingerprint density at radius 1 is 1.00 bits per heavy atom. The summed E-state index contributed by atoms with van der Waals surface area (Å²) in [5, 5.41) is 17.2. The molecule has 1 atom stereocenters. The molecule has 24 heavy (non-hydrogen) atoms. The first-order chi connectivity index (χ1) is 11.6. The quantitative estimate of drug-likeness (QED) is 0.615. The van der Waals surface area contributed by atoms with E-state index in [0.29, 0.717) is 6.61 Å². The SMILES string of the molecule is CC(O)CCc1ccccc1.CCCCCO.Cc1ccc2cc1-2. The van der Waals surface area contributed by atoms with Crippen molar-refractivity contribution in [3.05, 3.63) is 59.7 Å². The lowest BCUT2D eigenvalue weighted by atomic mass is 10.1. The fraction of sp³-hybridized carbons (Fsp3) is 0.455. The number of fused-ring (bicyclic) bond motifs is 1. The normalized spacial score (nSPS) is 11.5. The van der Waals surface area contributed by atoms with Crippen LogP contribution < -0.4 is 0 Å². The summed E-state index contributed by atoms with van der Waals surface area (Å²) in [6.07, 6.45) is 4.96. The lowest BCUT2D eigenvalue weighted by Crippen LogP contribution is -2.00. The zero-order valence-corrected chi connectivity index (χ0v) is 15.3. The smallest absolute Gasteiger partial charge is 0.0515 e. The van der Waals surface area contributed by atoms with Gasteiger partial charge in [-0.05, 0) is 61.4 Å². The molecule has 1 aromatic carbocycles. The van der Waals surface area contributed by atoms with E-state index in [1.165, 1.54) is 28.7 Å². The number of aliphatic hydroxyl groups is 2. The molecule has 1 unspecified atom stereocenters. The van der Waals surface area contributed by atoms with Crippen LogP contribution in [0.3, 0.4) is 0 Å². The van der Waals surface area contributed by atoms with Crippen molar-refractivity contribution in [3.63, 3.8) is 0 Å². The van der Waals surface area contributed by atoms with Gasteiger partial charge in [-0.1, -0.05) is 62.2 Å². The minimum absolute atomic E-state index is 0.185. The highest BCUT2D eigenvalue weighted by Crippen LogP contribution is 2.37. The van der Waals surface area contributed by atoms with Crippen LogP contribution in [-0.4, -0.2) is 22.9 Å². The van der Waals surface area contributed by atoms with Crippen molar-refractivity contribution in [2.24, 2.45) is 0 Å². The highest BCUT2D eigenvalue weighted by molar-refractivity contribution is 5.84. The molecule has 1 aromatic rings. The molecule has 2 aliphatic carbocycles. The van der Waals surface area contributed by atoms with Gasteiger partial charge in [0.15, 0.2) is 0 Å². The van der Waals surface area contributed by atoms with Crippen LogP contribution in [0.4, 0.5) is 0 Å². The maximum atomic E-state index is 9.01. The van der Waals surface area contributed by atoms with E-state index in [1.807, 2.05) is 25.1 Å². The number of hydrogen-bond donors (Lipinski definition) is 2. The molecule has 2 nitrogen and oxygen atoms in total. The molecule has 0 spiro atoms. The van der Waals surface area contributed by atoms with E-state index < -0.39 is 0 Å². The third-order valence-electron chi connectivity index (χ3n) is 3.92. The van der Waals surface area contributed by atoms with E-state index in [-0.39, 0.29) is 6.10 Å². The average Bonchev–Trinajstić information content (AvgIpc) is 3.30. The molecule has 132 valence electrons. The number of benzene rings is 2. The molecule has 2 N–H and O–H groups in total. The summed E-state index contributed by atoms with van der Waals surface area (Å²) in [6, 6.07) is 16.7. The first-order valence-electron chi connectivity index (χ1n) is 9.02. The Hall–Kier alpha value is -1.64. The number of aliphatic hydroxyl groups excluding tert-OH is 2. The standard InChI is InChI=1S/C10H14O.C7H6.C5H12O/c1-9(11)7-8-10-5-3-2-4-6-10;1-5-2-3-6-4-7(5)6;1-2-3-4-5-6/h2-6,9,11H,7-8H2,1H3;2-4H,1H3;6H,2-5H2,1H3. The molecule has 2 aliphatic rings. The highest BCUT2D eigenvalue weighted by Gasteiger charge is 2.12. The lowest BCUT2D eigenvalue weighted by molar-refractivity contribution is 0.185. The van der Waals surface area contributed by atoms with E-state index in [9.17, 15) is 0 Å². The molecule has 0 heterocycles. The Kier molecular flexibility index (Phi) is 10.1. The fourth-order valence-electron chi connectivity index (χ4n) is 2.29. The molecule has 0 saturated heterocycles. The third kappa shape index (κ3) is 8.85. The van der Waals surface area contributed by atoms with Crippen LogP contribution in [0.15, 0.2) is 48.5 Å². The number of unbranched alkanes of at least 4 members (excludes halogenated alkanes) is 2. The molecule has 0 aliphatic heterocycles. The third-order valence-corrected chi connectivity index (χ3v) is 3.92. The first-order valence-corrected chi connectivity index (χ1v) is 9.02. The van der Waals surface area contributed by atoms with Gasteiger partial charge in [0.05, 0.1) is 6.10 Å². The zero-order chi connectivity index (χ0) is 17.8. The van der Waals surface area contributed by atoms with E-state index >= 15 is 0 Å². The maximum absolute atomic E-state index is 9.01. The van der Waals surface area contributed by atoms with Gasteiger partial charge in [0.1, 0.15) is 0 Å². The van der Waals surface area contributed by atoms with Crippen LogP contribution in [0, 0.1) is 6.92 Å². The Balaban J connectivity index is 0.000000191. The van der Waals surface area contributed by atoms with Crippen molar-refractivity contribution >= 4 is 0 Å². The summed E-state index contributed by atoms with van der Waals surface area (Å²) < 4.78 is 0. The van der Waals surface area contributed by atoms with Gasteiger partial charge in [0, 0.05) is 6.61 Å². The summed E-state index contributed by atoms with van der Waals surface area (Å²) in [5.74, 6) is 0. The molecule has 0 aromatic heterocycles. The van der Waals surface area contributed by atoms with Crippen molar-refractivity contribution < 1.29 is 10.2 Å². The fourth-order valence-corrected chi connectivity index (χ4v) is 2.29. The summed E-state index contributed by atoms with van der Waals surface area (Å²) in [6.45, 7) is 6.44. The van der Waals surface area contributed by atoms with Crippen LogP contribution in [-0.2, 0) is 6.42 Å². The summed E-state index contributed by atoms with van der Waals surface area (Å²) in [5.41, 5.74) is 5.64. The van der Waals surface area contributed by atoms with Gasteiger partial charge in [-0.3, -0.25) is 0 Å². The number of aryl methyl sites for hydroxylation is 2. The Morgan fingerprint density at radius 3 is 2.04 bits per heavy atom. The molecule has 3 rings (SSSR count). The molecular formula is C22H32O2. The van der Waals surface area contributed by atoms with Crippen LogP contribution in [0.25, 0.3) is 11.1 Å². The lowest BCUT2D eigenvalue weighted by Gasteiger charge is -2.02. The summed E-state index contributed by atoms with van der Waals surface area (Å²) >= 11 is 0. The van der Waals surface area contributed by atoms with Gasteiger partial charge in [-0.15, -0.1) is 0 Å². The van der Waals surface area contributed by atoms with Gasteiger partial charge in [-0.25, -0.2) is 0 Å². The number of hydrogen-bond acceptors (Lipinski definition) is 2. The molecule has 0 fully saturated rings. The molecule has 2 heteroatoms. The predicted molar refractivity (Wildman–Crippen MR) is 103 cm³/mol. The first kappa shape index (κ1) is 20.4. The molecule has 0 saturated carbocycles. The Labute approximate surface area is 147 Å². The van der Waals surface area contributed by atoms with Gasteiger partial charge < -0.3 is 10.2 Å². The second-order valence-electron chi connectivity index (χ2n) is 6.33. The van der Waals surface area contributed by atoms with Crippen molar-refractivity contribution in [2.45, 2.75) is 59.0 Å². The van der Waals surface area contributed by atoms with Crippen LogP contribution in [0.2, 0.25) is 0 Å². The highest BCUT2D eigenvalue weighted by atomic mass is 16.3. The van der Waals surface area contributed by atoms with E-state index in [4.69, 9.17) is 10.2 Å². The topological polar surface area (TPSA) is 40.5 Å². The van der Waals surface area contributed by atoms with Crippen molar-refractivity contribution in [1.29, 1.82) is 0 Å². The Bertz CT molecular complexity index is 557. The van der Waals surface area contributed by atoms with Gasteiger partial charge in [0.2, 0.25) is 0 Å². The van der Waals surface area contributed by atoms with Crippen LogP contribution >= 0.6 is 0 Å². The molecule has 0 bridgehead atoms. The largest absolute Gasteiger partial charge is 0.396 e. The monoisotopic (exact) mass is 328 g/mol. The zero-order valence-electron chi connectivity index (χ0n) is 15.3. The summed E-state index contributed by atoms with van der Waals surface area (Å²) in [4.78, 5) is 0. The second kappa shape index (κ2) is 11.8. The van der Waals surface area contributed by atoms with Crippen LogP contribution in [0.1, 0.15) is 50.7 Å². The van der Waals surface area contributed by atoms with Gasteiger partial charge in [-0.2, -0.15) is 0 Å². The van der Waals surface area contributed by atoms with Crippen molar-refractivity contribution in [2.75, 3.05) is 6.61 Å². The van der Waals surface area contributed by atoms with E-state index in [0.717, 1.165) is 25.7 Å². The van der Waals surface area contributed by atoms with Crippen molar-refractivity contribution in [1.82, 2.24) is 0 Å². The maximum Gasteiger partial charge on any atom is 0.0515 e. The average molecular weight is 328 g/mol.